The minimum atomic E-state index is -0.515. The van der Waals surface area contributed by atoms with Crippen molar-refractivity contribution < 1.29 is 19.4 Å². The average molecular weight is 591 g/mol. The van der Waals surface area contributed by atoms with Crippen molar-refractivity contribution >= 4 is 28.5 Å². The van der Waals surface area contributed by atoms with Gasteiger partial charge in [0.15, 0.2) is 5.76 Å². The monoisotopic (exact) mass is 590 g/mol. The minimum absolute atomic E-state index is 0.0119. The summed E-state index contributed by atoms with van der Waals surface area (Å²) in [6.07, 6.45) is 2.89. The fourth-order valence-electron chi connectivity index (χ4n) is 4.93. The number of benzene rings is 2. The van der Waals surface area contributed by atoms with E-state index in [0.29, 0.717) is 31.9 Å². The first-order chi connectivity index (χ1) is 17.1. The molecule has 2 aliphatic heterocycles. The second kappa shape index (κ2) is 12.9. The lowest BCUT2D eigenvalue weighted by atomic mass is 9.80. The van der Waals surface area contributed by atoms with Gasteiger partial charge in [0.1, 0.15) is 0 Å². The highest BCUT2D eigenvalue weighted by Gasteiger charge is 2.39. The second-order valence-corrected chi connectivity index (χ2v) is 10.4. The molecule has 1 saturated heterocycles. The summed E-state index contributed by atoms with van der Waals surface area (Å²) in [6.45, 7) is 6.48. The van der Waals surface area contributed by atoms with Crippen molar-refractivity contribution in [1.29, 1.82) is 0 Å². The third-order valence-electron chi connectivity index (χ3n) is 6.79. The molecule has 2 aromatic carbocycles. The summed E-state index contributed by atoms with van der Waals surface area (Å²) in [5.74, 6) is 0.331. The van der Waals surface area contributed by atoms with Gasteiger partial charge in [-0.2, -0.15) is 0 Å². The molecule has 1 N–H and O–H groups in total. The third kappa shape index (κ3) is 6.84. The number of rotatable bonds is 9. The molecule has 4 rings (SSSR count). The number of amides is 1. The molecule has 0 aromatic heterocycles. The van der Waals surface area contributed by atoms with Gasteiger partial charge in [-0.1, -0.05) is 42.5 Å². The van der Waals surface area contributed by atoms with Crippen LogP contribution in [0.25, 0.3) is 0 Å². The van der Waals surface area contributed by atoms with Crippen LogP contribution < -0.4 is 0 Å². The van der Waals surface area contributed by atoms with Gasteiger partial charge in [-0.3, -0.25) is 9.69 Å². The Hall–Kier alpha value is -1.94. The van der Waals surface area contributed by atoms with Gasteiger partial charge < -0.3 is 19.5 Å². The molecule has 188 valence electrons. The van der Waals surface area contributed by atoms with Crippen molar-refractivity contribution in [3.63, 3.8) is 0 Å². The standard InChI is InChI=1S/C28H35IN2O4/c1-2-34-28-24(9-6-18-32)25(22-10-12-23(29)13-11-22)19-26(35-28)27(33)31-16-14-30(15-17-31)20-21-7-4-3-5-8-21/h3-5,7-8,10-13,19,24-25,28,32H,2,6,9,14-18,20H2,1H3/t24-,25+,28+/m0/s1. The summed E-state index contributed by atoms with van der Waals surface area (Å²) in [5, 5.41) is 9.47. The predicted molar refractivity (Wildman–Crippen MR) is 145 cm³/mol. The first-order valence-corrected chi connectivity index (χ1v) is 13.6. The van der Waals surface area contributed by atoms with Crippen molar-refractivity contribution in [2.24, 2.45) is 5.92 Å². The van der Waals surface area contributed by atoms with Gasteiger partial charge in [0.2, 0.25) is 6.29 Å². The second-order valence-electron chi connectivity index (χ2n) is 9.13. The number of nitrogens with zero attached hydrogens (tertiary/aromatic N) is 2. The number of carbonyl (C=O) groups excluding carboxylic acids is 1. The van der Waals surface area contributed by atoms with Gasteiger partial charge in [-0.05, 0) is 71.7 Å². The van der Waals surface area contributed by atoms with Crippen LogP contribution in [0.4, 0.5) is 0 Å². The fourth-order valence-corrected chi connectivity index (χ4v) is 5.29. The average Bonchev–Trinajstić information content (AvgIpc) is 2.89. The van der Waals surface area contributed by atoms with E-state index in [2.05, 4.69) is 76.0 Å². The Morgan fingerprint density at radius 2 is 1.80 bits per heavy atom. The van der Waals surface area contributed by atoms with E-state index in [4.69, 9.17) is 9.47 Å². The van der Waals surface area contributed by atoms with E-state index >= 15 is 0 Å². The van der Waals surface area contributed by atoms with Crippen molar-refractivity contribution in [3.8, 4) is 0 Å². The van der Waals surface area contributed by atoms with E-state index in [1.807, 2.05) is 24.0 Å². The number of aliphatic hydroxyl groups excluding tert-OH is 1. The molecule has 0 bridgehead atoms. The van der Waals surface area contributed by atoms with Crippen LogP contribution in [0.3, 0.4) is 0 Å². The normalized spacial score (nSPS) is 23.0. The number of piperazine rings is 1. The quantitative estimate of drug-likeness (QED) is 0.440. The molecule has 2 aliphatic rings. The first-order valence-electron chi connectivity index (χ1n) is 12.5. The van der Waals surface area contributed by atoms with E-state index in [1.54, 1.807) is 0 Å². The predicted octanol–water partition coefficient (Wildman–Crippen LogP) is 4.38. The van der Waals surface area contributed by atoms with Crippen LogP contribution in [-0.2, 0) is 20.8 Å². The lowest BCUT2D eigenvalue weighted by Gasteiger charge is -2.39. The Balaban J connectivity index is 1.49. The van der Waals surface area contributed by atoms with Gasteiger partial charge in [-0.15, -0.1) is 0 Å². The maximum Gasteiger partial charge on any atom is 0.288 e. The minimum Gasteiger partial charge on any atom is -0.459 e. The Kier molecular flexibility index (Phi) is 9.59. The molecule has 1 amide bonds. The largest absolute Gasteiger partial charge is 0.459 e. The molecule has 1 fully saturated rings. The molecule has 0 saturated carbocycles. The van der Waals surface area contributed by atoms with E-state index in [-0.39, 0.29) is 24.3 Å². The van der Waals surface area contributed by atoms with Gasteiger partial charge in [0.05, 0.1) is 0 Å². The summed E-state index contributed by atoms with van der Waals surface area (Å²) >= 11 is 2.30. The van der Waals surface area contributed by atoms with Crippen molar-refractivity contribution in [3.05, 3.63) is 81.1 Å². The van der Waals surface area contributed by atoms with Crippen LogP contribution in [0, 0.1) is 9.49 Å². The summed E-state index contributed by atoms with van der Waals surface area (Å²) in [6, 6.07) is 18.9. The summed E-state index contributed by atoms with van der Waals surface area (Å²) in [5.41, 5.74) is 2.43. The SMILES string of the molecule is CCO[C@@H]1OC(C(=O)N2CCN(Cc3ccccc3)CC2)=C[C@H](c2ccc(I)cc2)[C@@H]1CCCO. The number of hydrogen-bond acceptors (Lipinski definition) is 5. The summed E-state index contributed by atoms with van der Waals surface area (Å²) in [7, 11) is 0. The van der Waals surface area contributed by atoms with Crippen LogP contribution in [0.15, 0.2) is 66.4 Å². The highest BCUT2D eigenvalue weighted by molar-refractivity contribution is 14.1. The van der Waals surface area contributed by atoms with E-state index in [9.17, 15) is 9.90 Å². The Labute approximate surface area is 222 Å². The van der Waals surface area contributed by atoms with Crippen molar-refractivity contribution in [2.45, 2.75) is 38.5 Å². The van der Waals surface area contributed by atoms with Crippen LogP contribution in [-0.4, -0.2) is 66.5 Å². The van der Waals surface area contributed by atoms with Crippen molar-refractivity contribution in [1.82, 2.24) is 9.80 Å². The zero-order valence-electron chi connectivity index (χ0n) is 20.3. The molecule has 3 atom stereocenters. The lowest BCUT2D eigenvalue weighted by Crippen LogP contribution is -2.49. The third-order valence-corrected chi connectivity index (χ3v) is 7.50. The maximum absolute atomic E-state index is 13.5. The topological polar surface area (TPSA) is 62.2 Å². The number of allylic oxidation sites excluding steroid dienone is 1. The molecule has 0 unspecified atom stereocenters. The fraction of sp³-hybridized carbons (Fsp3) is 0.464. The molecular weight excluding hydrogens is 555 g/mol. The van der Waals surface area contributed by atoms with E-state index in [1.165, 1.54) is 9.13 Å². The van der Waals surface area contributed by atoms with Gasteiger partial charge in [0, 0.05) is 61.3 Å². The molecule has 0 aliphatic carbocycles. The first kappa shape index (κ1) is 26.1. The van der Waals surface area contributed by atoms with Gasteiger partial charge in [0.25, 0.3) is 5.91 Å². The Morgan fingerprint density at radius 1 is 1.09 bits per heavy atom. The number of ether oxygens (including phenoxy) is 2. The summed E-state index contributed by atoms with van der Waals surface area (Å²) < 4.78 is 13.4. The smallest absolute Gasteiger partial charge is 0.288 e. The number of aliphatic hydroxyl groups is 1. The highest BCUT2D eigenvalue weighted by atomic mass is 127. The molecule has 2 heterocycles. The van der Waals surface area contributed by atoms with Crippen LogP contribution in [0.5, 0.6) is 0 Å². The van der Waals surface area contributed by atoms with Crippen LogP contribution in [0.1, 0.15) is 36.8 Å². The van der Waals surface area contributed by atoms with E-state index in [0.717, 1.165) is 31.6 Å². The number of hydrogen-bond donors (Lipinski definition) is 1. The number of halogens is 1. The molecule has 0 radical (unpaired) electrons. The maximum atomic E-state index is 13.5. The van der Waals surface area contributed by atoms with E-state index < -0.39 is 6.29 Å². The number of carbonyl (C=O) groups is 1. The molecule has 0 spiro atoms. The zero-order valence-corrected chi connectivity index (χ0v) is 22.5. The Morgan fingerprint density at radius 3 is 2.46 bits per heavy atom. The molecule has 35 heavy (non-hydrogen) atoms. The molecule has 6 nitrogen and oxygen atoms in total. The highest BCUT2D eigenvalue weighted by Crippen LogP contribution is 2.40. The van der Waals surface area contributed by atoms with Gasteiger partial charge >= 0.3 is 0 Å². The van der Waals surface area contributed by atoms with Gasteiger partial charge in [-0.25, -0.2) is 0 Å². The lowest BCUT2D eigenvalue weighted by molar-refractivity contribution is -0.171. The van der Waals surface area contributed by atoms with Crippen molar-refractivity contribution in [2.75, 3.05) is 39.4 Å². The zero-order chi connectivity index (χ0) is 24.6. The summed E-state index contributed by atoms with van der Waals surface area (Å²) in [4.78, 5) is 17.8. The Bertz CT molecular complexity index is 974. The molecule has 2 aromatic rings. The van der Waals surface area contributed by atoms with Crippen LogP contribution >= 0.6 is 22.6 Å². The molecular formula is C28H35IN2O4. The molecule has 7 heteroatoms. The van der Waals surface area contributed by atoms with Crippen LogP contribution in [0.2, 0.25) is 0 Å².